The minimum absolute atomic E-state index is 0.0170. The Labute approximate surface area is 372 Å². The van der Waals surface area contributed by atoms with Crippen molar-refractivity contribution in [2.75, 3.05) is 19.8 Å². The summed E-state index contributed by atoms with van der Waals surface area (Å²) < 4.78 is 41.7. The topological polar surface area (TPSA) is 307 Å². The Morgan fingerprint density at radius 1 is 0.781 bits per heavy atom. The van der Waals surface area contributed by atoms with Crippen molar-refractivity contribution in [2.45, 2.75) is 189 Å². The van der Waals surface area contributed by atoms with Crippen LogP contribution in [-0.2, 0) is 33.2 Å². The first kappa shape index (κ1) is 48.7. The van der Waals surface area contributed by atoms with Crippen molar-refractivity contribution >= 4 is 0 Å². The SMILES string of the molecule is C=C(CCC1=C(C)[C@H]2[C@H](C[C@H]3[C@@H]4CC=C5C[C@@H](O[C@@H]6O[C@H](CO)[C@H](O)[C@H](O)[C@H]6O[C@@H]6O[C@@H](C)[C@H](O)[C@@H](O)[C@H]6O)C[C@@H](O)[C@]5(C)[C@H]4[C@H](O)C[C@@]32C)O1)CO[C@@H]1O[C@H](CO)[C@H](O)[C@H](O)[C@H]1O. The lowest BCUT2D eigenvalue weighted by molar-refractivity contribution is -0.370. The largest absolute Gasteiger partial charge is 0.494 e. The van der Waals surface area contributed by atoms with E-state index in [-0.39, 0.29) is 48.2 Å². The van der Waals surface area contributed by atoms with Crippen molar-refractivity contribution in [2.24, 2.45) is 34.5 Å². The van der Waals surface area contributed by atoms with Crippen LogP contribution in [0.3, 0.4) is 0 Å². The van der Waals surface area contributed by atoms with E-state index in [4.69, 9.17) is 33.2 Å². The quantitative estimate of drug-likeness (QED) is 0.0941. The zero-order valence-corrected chi connectivity index (χ0v) is 36.9. The van der Waals surface area contributed by atoms with Crippen LogP contribution in [0.1, 0.15) is 72.6 Å². The van der Waals surface area contributed by atoms with Crippen LogP contribution in [0.2, 0.25) is 0 Å². The second-order valence-corrected chi connectivity index (χ2v) is 20.3. The first-order valence-electron chi connectivity index (χ1n) is 22.9. The molecule has 0 radical (unpaired) electrons. The molecular formula is C45H70O19. The van der Waals surface area contributed by atoms with Crippen LogP contribution in [0.5, 0.6) is 0 Å². The number of aliphatic hydroxyl groups excluding tert-OH is 12. The van der Waals surface area contributed by atoms with E-state index >= 15 is 0 Å². The highest BCUT2D eigenvalue weighted by Gasteiger charge is 2.67. The normalized spacial score (nSPS) is 52.6. The zero-order valence-electron chi connectivity index (χ0n) is 36.9. The molecule has 0 unspecified atom stereocenters. The van der Waals surface area contributed by atoms with Gasteiger partial charge in [0.2, 0.25) is 0 Å². The van der Waals surface area contributed by atoms with E-state index in [0.717, 1.165) is 23.3 Å². The van der Waals surface area contributed by atoms with Crippen LogP contribution in [0.15, 0.2) is 35.1 Å². The molecule has 6 fully saturated rings. The summed E-state index contributed by atoms with van der Waals surface area (Å²) in [6, 6.07) is 0. The maximum atomic E-state index is 12.2. The molecule has 0 aromatic carbocycles. The Hall–Kier alpha value is -1.70. The predicted octanol–water partition coefficient (Wildman–Crippen LogP) is -2.02. The first-order chi connectivity index (χ1) is 30.2. The highest BCUT2D eigenvalue weighted by Crippen LogP contribution is 2.69. The van der Waals surface area contributed by atoms with Gasteiger partial charge in [0, 0.05) is 24.2 Å². The number of hydrogen-bond acceptors (Lipinski definition) is 19. The summed E-state index contributed by atoms with van der Waals surface area (Å²) in [6.45, 7) is 10.8. The highest BCUT2D eigenvalue weighted by molar-refractivity contribution is 5.32. The Morgan fingerprint density at radius 3 is 2.11 bits per heavy atom. The molecule has 0 aromatic rings. The van der Waals surface area contributed by atoms with Crippen molar-refractivity contribution < 1.29 is 94.4 Å². The zero-order chi connectivity index (χ0) is 46.3. The fraction of sp³-hybridized carbons (Fsp3) is 0.867. The van der Waals surface area contributed by atoms with Crippen LogP contribution in [-0.4, -0.2) is 198 Å². The lowest BCUT2D eigenvalue weighted by Gasteiger charge is -2.61. The molecule has 4 heterocycles. The van der Waals surface area contributed by atoms with E-state index in [2.05, 4.69) is 26.5 Å². The van der Waals surface area contributed by atoms with E-state index in [1.54, 1.807) is 0 Å². The lowest BCUT2D eigenvalue weighted by atomic mass is 9.45. The second kappa shape index (κ2) is 18.7. The number of ether oxygens (including phenoxy) is 7. The van der Waals surface area contributed by atoms with Crippen LogP contribution in [0, 0.1) is 34.5 Å². The molecule has 0 bridgehead atoms. The van der Waals surface area contributed by atoms with Gasteiger partial charge in [0.15, 0.2) is 18.9 Å². The van der Waals surface area contributed by atoms with Gasteiger partial charge in [-0.15, -0.1) is 0 Å². The second-order valence-electron chi connectivity index (χ2n) is 20.3. The van der Waals surface area contributed by atoms with Crippen molar-refractivity contribution in [3.8, 4) is 0 Å². The molecule has 4 aliphatic heterocycles. The van der Waals surface area contributed by atoms with Crippen LogP contribution < -0.4 is 0 Å². The molecule has 4 aliphatic carbocycles. The molecule has 3 saturated heterocycles. The van der Waals surface area contributed by atoms with Gasteiger partial charge < -0.3 is 94.4 Å². The molecule has 0 amide bonds. The van der Waals surface area contributed by atoms with Gasteiger partial charge in [-0.3, -0.25) is 0 Å². The monoisotopic (exact) mass is 914 g/mol. The Morgan fingerprint density at radius 2 is 1.42 bits per heavy atom. The van der Waals surface area contributed by atoms with Crippen molar-refractivity contribution in [1.82, 2.24) is 0 Å². The highest BCUT2D eigenvalue weighted by atomic mass is 16.8. The predicted molar refractivity (Wildman–Crippen MR) is 219 cm³/mol. The van der Waals surface area contributed by atoms with Gasteiger partial charge in [0.25, 0.3) is 0 Å². The molecule has 12 N–H and O–H groups in total. The fourth-order valence-electron chi connectivity index (χ4n) is 13.0. The number of rotatable bonds is 12. The molecule has 19 heteroatoms. The van der Waals surface area contributed by atoms with Gasteiger partial charge in [-0.05, 0) is 74.7 Å². The van der Waals surface area contributed by atoms with Gasteiger partial charge in [-0.25, -0.2) is 0 Å². The standard InChI is InChI=1S/C45H70O19/c1-17(16-58-41-38(56)36(54)33(51)27(14-46)62-41)6-9-25-18(2)30-26(61-25)12-23-22-8-7-20-10-21(11-29(49)45(20,5)31(22)24(48)13-44(23,30)4)60-43-40(37(55)34(52)28(15-47)63-43)64-42-39(57)35(53)32(50)19(3)59-42/h7,19,21-24,26-43,46-57H,1,6,8-16H2,2-5H3/t19-,21+,22-,23-,24+,26-,27+,28+,29+,30-,31+,32-,33-,34-,35+,36-,37-,38+,39+,40+,41+,42-,43+,44-,45+/m0/s1. The van der Waals surface area contributed by atoms with Gasteiger partial charge in [0.05, 0.1) is 50.0 Å². The third-order valence-electron chi connectivity index (χ3n) is 16.6. The lowest BCUT2D eigenvalue weighted by Crippen LogP contribution is -2.65. The summed E-state index contributed by atoms with van der Waals surface area (Å²) in [4.78, 5) is 0. The van der Waals surface area contributed by atoms with E-state index in [1.165, 1.54) is 6.92 Å². The third-order valence-corrected chi connectivity index (χ3v) is 16.6. The maximum absolute atomic E-state index is 12.2. The summed E-state index contributed by atoms with van der Waals surface area (Å²) in [7, 11) is 0. The summed E-state index contributed by atoms with van der Waals surface area (Å²) in [5.41, 5.74) is 1.69. The summed E-state index contributed by atoms with van der Waals surface area (Å²) in [5, 5.41) is 128. The Bertz CT molecular complexity index is 1740. The van der Waals surface area contributed by atoms with E-state index in [1.807, 2.05) is 6.92 Å². The van der Waals surface area contributed by atoms with Gasteiger partial charge in [-0.1, -0.05) is 37.6 Å². The molecular weight excluding hydrogens is 844 g/mol. The van der Waals surface area contributed by atoms with Crippen molar-refractivity contribution in [3.05, 3.63) is 35.1 Å². The van der Waals surface area contributed by atoms with E-state index in [9.17, 15) is 61.3 Å². The van der Waals surface area contributed by atoms with E-state index in [0.29, 0.717) is 37.7 Å². The smallest absolute Gasteiger partial charge is 0.187 e. The Kier molecular flexibility index (Phi) is 14.2. The summed E-state index contributed by atoms with van der Waals surface area (Å²) in [6.07, 6.45) is -18.3. The number of fused-ring (bicyclic) bond motifs is 7. The first-order valence-corrected chi connectivity index (χ1v) is 22.9. The Balaban J connectivity index is 0.923. The molecule has 3 saturated carbocycles. The fourth-order valence-corrected chi connectivity index (χ4v) is 13.0. The summed E-state index contributed by atoms with van der Waals surface area (Å²) >= 11 is 0. The van der Waals surface area contributed by atoms with Crippen LogP contribution in [0.25, 0.3) is 0 Å². The van der Waals surface area contributed by atoms with Crippen LogP contribution >= 0.6 is 0 Å². The number of hydrogen-bond donors (Lipinski definition) is 12. The minimum atomic E-state index is -1.71. The maximum Gasteiger partial charge on any atom is 0.187 e. The van der Waals surface area contributed by atoms with Crippen molar-refractivity contribution in [1.29, 1.82) is 0 Å². The molecule has 364 valence electrons. The van der Waals surface area contributed by atoms with Crippen LogP contribution in [0.4, 0.5) is 0 Å². The molecule has 19 nitrogen and oxygen atoms in total. The molecule has 0 spiro atoms. The molecule has 64 heavy (non-hydrogen) atoms. The number of aliphatic hydroxyl groups is 12. The van der Waals surface area contributed by atoms with E-state index < -0.39 is 129 Å². The van der Waals surface area contributed by atoms with Gasteiger partial charge in [-0.2, -0.15) is 0 Å². The number of allylic oxidation sites excluding steroid dienone is 2. The van der Waals surface area contributed by atoms with Gasteiger partial charge >= 0.3 is 0 Å². The average Bonchev–Trinajstić information content (AvgIpc) is 3.74. The molecule has 8 rings (SSSR count). The third kappa shape index (κ3) is 8.25. The van der Waals surface area contributed by atoms with Crippen molar-refractivity contribution in [3.63, 3.8) is 0 Å². The summed E-state index contributed by atoms with van der Waals surface area (Å²) in [5.74, 6) is 0.943. The average molecular weight is 915 g/mol. The molecule has 8 aliphatic rings. The minimum Gasteiger partial charge on any atom is -0.494 e. The molecule has 0 aromatic heterocycles. The molecule has 25 atom stereocenters. The van der Waals surface area contributed by atoms with Gasteiger partial charge in [0.1, 0.15) is 73.2 Å².